The molecule has 0 aromatic carbocycles. The van der Waals surface area contributed by atoms with Crippen molar-refractivity contribution < 1.29 is 9.53 Å². The number of hydrogen-bond acceptors (Lipinski definition) is 5. The highest BCUT2D eigenvalue weighted by atomic mass is 16.5. The second-order valence-corrected chi connectivity index (χ2v) is 7.46. The minimum absolute atomic E-state index is 0.0372. The van der Waals surface area contributed by atoms with Crippen molar-refractivity contribution in [2.45, 2.75) is 25.7 Å². The molecule has 0 atom stereocenters. The predicted molar refractivity (Wildman–Crippen MR) is 104 cm³/mol. The van der Waals surface area contributed by atoms with E-state index in [9.17, 15) is 4.79 Å². The number of aryl methyl sites for hydroxylation is 1. The van der Waals surface area contributed by atoms with E-state index in [1.54, 1.807) is 0 Å². The molecule has 0 radical (unpaired) electrons. The molecular formula is C20H27N5O2. The van der Waals surface area contributed by atoms with Crippen molar-refractivity contribution in [1.29, 1.82) is 0 Å². The first-order valence-electron chi connectivity index (χ1n) is 9.80. The Morgan fingerprint density at radius 1 is 1.19 bits per heavy atom. The number of ether oxygens (including phenoxy) is 1. The van der Waals surface area contributed by atoms with Gasteiger partial charge >= 0.3 is 0 Å². The first-order valence-corrected chi connectivity index (χ1v) is 9.80. The maximum absolute atomic E-state index is 12.6. The number of hydrogen-bond donors (Lipinski definition) is 1. The lowest BCUT2D eigenvalue weighted by molar-refractivity contribution is 0.0641. The normalized spacial score (nSPS) is 18.0. The predicted octanol–water partition coefficient (Wildman–Crippen LogP) is 2.24. The van der Waals surface area contributed by atoms with Crippen LogP contribution in [0.15, 0.2) is 24.7 Å². The Kier molecular flexibility index (Phi) is 5.38. The van der Waals surface area contributed by atoms with Gasteiger partial charge in [-0.1, -0.05) is 0 Å². The third kappa shape index (κ3) is 4.13. The molecular weight excluding hydrogens is 342 g/mol. The third-order valence-corrected chi connectivity index (χ3v) is 5.49. The molecule has 7 heteroatoms. The summed E-state index contributed by atoms with van der Waals surface area (Å²) in [6.07, 6.45) is 10.1. The van der Waals surface area contributed by atoms with Crippen molar-refractivity contribution >= 4 is 11.9 Å². The molecule has 0 saturated carbocycles. The van der Waals surface area contributed by atoms with Gasteiger partial charge in [0.05, 0.1) is 0 Å². The number of anilines is 1. The van der Waals surface area contributed by atoms with Crippen LogP contribution in [0.3, 0.4) is 0 Å². The lowest BCUT2D eigenvalue weighted by Gasteiger charge is -2.22. The van der Waals surface area contributed by atoms with Crippen molar-refractivity contribution in [3.8, 4) is 11.1 Å². The molecule has 2 aromatic heterocycles. The summed E-state index contributed by atoms with van der Waals surface area (Å²) in [6, 6.07) is 1.91. The highest BCUT2D eigenvalue weighted by Crippen LogP contribution is 2.23. The molecule has 1 amide bonds. The third-order valence-electron chi connectivity index (χ3n) is 5.49. The number of aromatic nitrogens is 3. The van der Waals surface area contributed by atoms with Gasteiger partial charge < -0.3 is 19.5 Å². The van der Waals surface area contributed by atoms with Gasteiger partial charge in [0.2, 0.25) is 5.95 Å². The summed E-state index contributed by atoms with van der Waals surface area (Å²) >= 11 is 0. The number of rotatable bonds is 5. The Balaban J connectivity index is 1.41. The van der Waals surface area contributed by atoms with Crippen LogP contribution in [0, 0.1) is 5.92 Å². The summed E-state index contributed by atoms with van der Waals surface area (Å²) in [5, 5.41) is 3.07. The minimum atomic E-state index is -0.0372. The van der Waals surface area contributed by atoms with Crippen molar-refractivity contribution in [3.05, 3.63) is 30.4 Å². The average molecular weight is 369 g/mol. The Hall–Kier alpha value is -2.41. The Morgan fingerprint density at radius 2 is 1.89 bits per heavy atom. The second kappa shape index (κ2) is 8.08. The standard InChI is InChI=1S/C20H27N5O2/c1-24-14-16(17-12-22-20(23-13-17)25-6-2-3-7-25)10-18(24)19(26)21-11-15-4-8-27-9-5-15/h10,12-15H,2-9,11H2,1H3,(H,21,26). The molecule has 2 aliphatic heterocycles. The van der Waals surface area contributed by atoms with E-state index in [0.29, 0.717) is 18.2 Å². The maximum Gasteiger partial charge on any atom is 0.267 e. The van der Waals surface area contributed by atoms with Gasteiger partial charge in [-0.3, -0.25) is 4.79 Å². The van der Waals surface area contributed by atoms with E-state index in [0.717, 1.165) is 56.2 Å². The number of nitrogens with one attached hydrogen (secondary N) is 1. The van der Waals surface area contributed by atoms with Gasteiger partial charge in [0.15, 0.2) is 0 Å². The molecule has 2 saturated heterocycles. The van der Waals surface area contributed by atoms with Crippen molar-refractivity contribution in [3.63, 3.8) is 0 Å². The van der Waals surface area contributed by atoms with Gasteiger partial charge in [0, 0.05) is 69.6 Å². The SMILES string of the molecule is Cn1cc(-c2cnc(N3CCCC3)nc2)cc1C(=O)NCC1CCOCC1. The minimum Gasteiger partial charge on any atom is -0.381 e. The summed E-state index contributed by atoms with van der Waals surface area (Å²) in [5.41, 5.74) is 2.54. The molecule has 1 N–H and O–H groups in total. The van der Waals surface area contributed by atoms with Gasteiger partial charge in [-0.05, 0) is 37.7 Å². The Labute approximate surface area is 159 Å². The number of carbonyl (C=O) groups is 1. The van der Waals surface area contributed by atoms with Crippen LogP contribution in [0.4, 0.5) is 5.95 Å². The molecule has 4 rings (SSSR count). The smallest absolute Gasteiger partial charge is 0.267 e. The molecule has 0 aliphatic carbocycles. The quantitative estimate of drug-likeness (QED) is 0.875. The monoisotopic (exact) mass is 369 g/mol. The van der Waals surface area contributed by atoms with E-state index in [-0.39, 0.29) is 5.91 Å². The summed E-state index contributed by atoms with van der Waals surface area (Å²) in [7, 11) is 1.90. The van der Waals surface area contributed by atoms with Gasteiger partial charge in [-0.25, -0.2) is 9.97 Å². The van der Waals surface area contributed by atoms with E-state index >= 15 is 0 Å². The molecule has 27 heavy (non-hydrogen) atoms. The fourth-order valence-corrected chi connectivity index (χ4v) is 3.78. The summed E-state index contributed by atoms with van der Waals surface area (Å²) in [6.45, 7) is 4.35. The van der Waals surface area contributed by atoms with E-state index in [4.69, 9.17) is 4.74 Å². The molecule has 2 fully saturated rings. The Morgan fingerprint density at radius 3 is 2.59 bits per heavy atom. The lowest BCUT2D eigenvalue weighted by atomic mass is 10.0. The van der Waals surface area contributed by atoms with E-state index < -0.39 is 0 Å². The fourth-order valence-electron chi connectivity index (χ4n) is 3.78. The van der Waals surface area contributed by atoms with Gasteiger partial charge in [-0.2, -0.15) is 0 Å². The van der Waals surface area contributed by atoms with E-state index in [1.165, 1.54) is 12.8 Å². The molecule has 0 unspecified atom stereocenters. The summed E-state index contributed by atoms with van der Waals surface area (Å²) in [4.78, 5) is 23.8. The number of amides is 1. The zero-order valence-electron chi connectivity index (χ0n) is 15.9. The van der Waals surface area contributed by atoms with Crippen LogP contribution in [0.2, 0.25) is 0 Å². The van der Waals surface area contributed by atoms with Gasteiger partial charge in [0.1, 0.15) is 5.69 Å². The molecule has 2 aliphatic rings. The Bertz CT molecular complexity index is 774. The molecule has 4 heterocycles. The van der Waals surface area contributed by atoms with E-state index in [1.807, 2.05) is 36.3 Å². The molecule has 0 bridgehead atoms. The average Bonchev–Trinajstić information content (AvgIpc) is 3.37. The highest BCUT2D eigenvalue weighted by molar-refractivity contribution is 5.94. The van der Waals surface area contributed by atoms with Gasteiger partial charge in [0.25, 0.3) is 5.91 Å². The zero-order chi connectivity index (χ0) is 18.6. The van der Waals surface area contributed by atoms with Crippen LogP contribution in [-0.4, -0.2) is 53.3 Å². The summed E-state index contributed by atoms with van der Waals surface area (Å²) in [5.74, 6) is 1.26. The first-order chi connectivity index (χ1) is 13.2. The van der Waals surface area contributed by atoms with Crippen LogP contribution in [-0.2, 0) is 11.8 Å². The maximum atomic E-state index is 12.6. The summed E-state index contributed by atoms with van der Waals surface area (Å²) < 4.78 is 7.24. The van der Waals surface area contributed by atoms with Crippen LogP contribution < -0.4 is 10.2 Å². The number of nitrogens with zero attached hydrogens (tertiary/aromatic N) is 4. The largest absolute Gasteiger partial charge is 0.381 e. The number of carbonyl (C=O) groups excluding carboxylic acids is 1. The van der Waals surface area contributed by atoms with Crippen LogP contribution in [0.5, 0.6) is 0 Å². The molecule has 2 aromatic rings. The molecule has 0 spiro atoms. The van der Waals surface area contributed by atoms with Gasteiger partial charge in [-0.15, -0.1) is 0 Å². The highest BCUT2D eigenvalue weighted by Gasteiger charge is 2.18. The fraction of sp³-hybridized carbons (Fsp3) is 0.550. The van der Waals surface area contributed by atoms with Crippen molar-refractivity contribution in [2.24, 2.45) is 13.0 Å². The van der Waals surface area contributed by atoms with Crippen LogP contribution in [0.25, 0.3) is 11.1 Å². The second-order valence-electron chi connectivity index (χ2n) is 7.46. The topological polar surface area (TPSA) is 72.3 Å². The first kappa shape index (κ1) is 18.0. The molecule has 7 nitrogen and oxygen atoms in total. The lowest BCUT2D eigenvalue weighted by Crippen LogP contribution is -2.33. The zero-order valence-corrected chi connectivity index (χ0v) is 15.9. The van der Waals surface area contributed by atoms with Crippen molar-refractivity contribution in [2.75, 3.05) is 37.7 Å². The van der Waals surface area contributed by atoms with Crippen LogP contribution >= 0.6 is 0 Å². The van der Waals surface area contributed by atoms with Crippen molar-refractivity contribution in [1.82, 2.24) is 19.9 Å². The van der Waals surface area contributed by atoms with Crippen LogP contribution in [0.1, 0.15) is 36.2 Å². The molecule has 144 valence electrons. The van der Waals surface area contributed by atoms with E-state index in [2.05, 4.69) is 20.2 Å².